The Labute approximate surface area is 145 Å². The van der Waals surface area contributed by atoms with Crippen molar-refractivity contribution < 1.29 is 5.11 Å². The van der Waals surface area contributed by atoms with Crippen LogP contribution in [-0.2, 0) is 6.54 Å². The van der Waals surface area contributed by atoms with E-state index in [1.807, 2.05) is 36.4 Å². The number of aromatic hydroxyl groups is 1. The zero-order valence-electron chi connectivity index (χ0n) is 13.9. The van der Waals surface area contributed by atoms with E-state index < -0.39 is 0 Å². The minimum atomic E-state index is -0.117. The molecule has 1 fully saturated rings. The maximum absolute atomic E-state index is 12.2. The number of benzene rings is 2. The van der Waals surface area contributed by atoms with Crippen LogP contribution in [0.2, 0.25) is 0 Å². The summed E-state index contributed by atoms with van der Waals surface area (Å²) < 4.78 is 0. The zero-order chi connectivity index (χ0) is 17.2. The summed E-state index contributed by atoms with van der Waals surface area (Å²) in [4.78, 5) is 24.2. The van der Waals surface area contributed by atoms with Gasteiger partial charge in [0.05, 0.1) is 11.0 Å². The monoisotopic (exact) mass is 336 g/mol. The van der Waals surface area contributed by atoms with E-state index in [9.17, 15) is 9.90 Å². The molecule has 4 rings (SSSR count). The summed E-state index contributed by atoms with van der Waals surface area (Å²) in [5.74, 6) is 0.284. The van der Waals surface area contributed by atoms with Crippen LogP contribution in [0.25, 0.3) is 11.0 Å². The fourth-order valence-corrected chi connectivity index (χ4v) is 3.24. The Bertz CT molecular complexity index is 945. The van der Waals surface area contributed by atoms with Gasteiger partial charge in [-0.15, -0.1) is 0 Å². The minimum Gasteiger partial charge on any atom is -0.508 e. The van der Waals surface area contributed by atoms with E-state index in [4.69, 9.17) is 0 Å². The fourth-order valence-electron chi connectivity index (χ4n) is 3.24. The number of nitrogens with one attached hydrogen (secondary N) is 1. The van der Waals surface area contributed by atoms with Gasteiger partial charge in [-0.3, -0.25) is 9.69 Å². The van der Waals surface area contributed by atoms with Gasteiger partial charge in [-0.05, 0) is 24.3 Å². The van der Waals surface area contributed by atoms with Gasteiger partial charge in [-0.2, -0.15) is 0 Å². The van der Waals surface area contributed by atoms with E-state index in [1.54, 1.807) is 12.1 Å². The number of para-hydroxylation sites is 2. The zero-order valence-corrected chi connectivity index (χ0v) is 13.9. The molecule has 2 heterocycles. The lowest BCUT2D eigenvalue weighted by atomic mass is 10.2. The predicted molar refractivity (Wildman–Crippen MR) is 98.0 cm³/mol. The van der Waals surface area contributed by atoms with Gasteiger partial charge in [0.1, 0.15) is 11.4 Å². The third-order valence-electron chi connectivity index (χ3n) is 4.61. The van der Waals surface area contributed by atoms with Gasteiger partial charge in [0, 0.05) is 44.5 Å². The van der Waals surface area contributed by atoms with Crippen molar-refractivity contribution in [3.8, 4) is 5.75 Å². The average Bonchev–Trinajstić information content (AvgIpc) is 2.63. The van der Waals surface area contributed by atoms with Crippen LogP contribution in [0.4, 0.5) is 5.69 Å². The Kier molecular flexibility index (Phi) is 4.11. The molecule has 0 amide bonds. The third kappa shape index (κ3) is 3.34. The van der Waals surface area contributed by atoms with Crippen LogP contribution in [0, 0.1) is 0 Å². The van der Waals surface area contributed by atoms with Crippen LogP contribution in [-0.4, -0.2) is 46.2 Å². The molecular formula is C19H20N4O2. The second-order valence-corrected chi connectivity index (χ2v) is 6.31. The first-order valence-corrected chi connectivity index (χ1v) is 8.43. The standard InChI is InChI=1S/C19H20N4O2/c24-15-5-3-4-14(12-15)23-10-8-22(9-11-23)13-18-19(25)21-17-7-2-1-6-16(17)20-18/h1-7,12,24H,8-11,13H2,(H,21,25). The molecule has 0 aliphatic carbocycles. The maximum atomic E-state index is 12.2. The molecule has 3 aromatic rings. The van der Waals surface area contributed by atoms with E-state index in [0.717, 1.165) is 42.9 Å². The number of fused-ring (bicyclic) bond motifs is 1. The highest BCUT2D eigenvalue weighted by Gasteiger charge is 2.19. The van der Waals surface area contributed by atoms with Crippen LogP contribution < -0.4 is 10.5 Å². The van der Waals surface area contributed by atoms with Gasteiger partial charge in [-0.25, -0.2) is 4.98 Å². The Morgan fingerprint density at radius 3 is 2.64 bits per heavy atom. The molecule has 0 bridgehead atoms. The molecule has 25 heavy (non-hydrogen) atoms. The van der Waals surface area contributed by atoms with Crippen LogP contribution in [0.15, 0.2) is 53.3 Å². The van der Waals surface area contributed by atoms with Gasteiger partial charge in [0.2, 0.25) is 0 Å². The van der Waals surface area contributed by atoms with Gasteiger partial charge in [-0.1, -0.05) is 18.2 Å². The Hall–Kier alpha value is -2.86. The summed E-state index contributed by atoms with van der Waals surface area (Å²) in [6.45, 7) is 3.96. The normalized spacial score (nSPS) is 15.6. The van der Waals surface area contributed by atoms with Crippen molar-refractivity contribution in [3.63, 3.8) is 0 Å². The summed E-state index contributed by atoms with van der Waals surface area (Å²) >= 11 is 0. The molecule has 0 atom stereocenters. The molecule has 2 N–H and O–H groups in total. The van der Waals surface area contributed by atoms with Crippen molar-refractivity contribution in [2.45, 2.75) is 6.54 Å². The summed E-state index contributed by atoms with van der Waals surface area (Å²) in [5, 5.41) is 9.62. The number of phenols is 1. The molecule has 1 aromatic heterocycles. The first-order valence-electron chi connectivity index (χ1n) is 8.43. The van der Waals surface area contributed by atoms with Gasteiger partial charge < -0.3 is 15.0 Å². The highest BCUT2D eigenvalue weighted by molar-refractivity contribution is 5.73. The van der Waals surface area contributed by atoms with E-state index >= 15 is 0 Å². The van der Waals surface area contributed by atoms with Gasteiger partial charge >= 0.3 is 0 Å². The van der Waals surface area contributed by atoms with Crippen LogP contribution in [0.3, 0.4) is 0 Å². The summed E-state index contributed by atoms with van der Waals surface area (Å²) in [5.41, 5.74) is 3.06. The molecule has 0 radical (unpaired) electrons. The van der Waals surface area contributed by atoms with E-state index in [2.05, 4.69) is 19.8 Å². The number of piperazine rings is 1. The van der Waals surface area contributed by atoms with Crippen molar-refractivity contribution >= 4 is 16.7 Å². The quantitative estimate of drug-likeness (QED) is 0.765. The minimum absolute atomic E-state index is 0.117. The van der Waals surface area contributed by atoms with Crippen LogP contribution in [0.5, 0.6) is 5.75 Å². The SMILES string of the molecule is O=c1[nH]c2ccccc2nc1CN1CCN(c2cccc(O)c2)CC1. The molecule has 1 aliphatic rings. The average molecular weight is 336 g/mol. The number of H-pyrrole nitrogens is 1. The largest absolute Gasteiger partial charge is 0.508 e. The lowest BCUT2D eigenvalue weighted by Crippen LogP contribution is -2.46. The van der Waals surface area contributed by atoms with Gasteiger partial charge in [0.15, 0.2) is 0 Å². The summed E-state index contributed by atoms with van der Waals surface area (Å²) in [6.07, 6.45) is 0. The number of hydrogen-bond acceptors (Lipinski definition) is 5. The second kappa shape index (κ2) is 6.57. The number of phenolic OH excluding ortho intramolecular Hbond substituents is 1. The van der Waals surface area contributed by atoms with Crippen molar-refractivity contribution in [3.05, 3.63) is 64.6 Å². The molecule has 0 saturated carbocycles. The van der Waals surface area contributed by atoms with Crippen molar-refractivity contribution in [1.29, 1.82) is 0 Å². The predicted octanol–water partition coefficient (Wildman–Crippen LogP) is 1.95. The molecule has 0 spiro atoms. The van der Waals surface area contributed by atoms with Crippen molar-refractivity contribution in [2.24, 2.45) is 0 Å². The lowest BCUT2D eigenvalue weighted by Gasteiger charge is -2.35. The van der Waals surface area contributed by atoms with Crippen molar-refractivity contribution in [1.82, 2.24) is 14.9 Å². The lowest BCUT2D eigenvalue weighted by molar-refractivity contribution is 0.246. The third-order valence-corrected chi connectivity index (χ3v) is 4.61. The molecular weight excluding hydrogens is 316 g/mol. The Morgan fingerprint density at radius 2 is 1.84 bits per heavy atom. The topological polar surface area (TPSA) is 72.5 Å². The number of anilines is 1. The molecule has 6 nitrogen and oxygen atoms in total. The molecule has 1 saturated heterocycles. The summed E-state index contributed by atoms with van der Waals surface area (Å²) in [7, 11) is 0. The second-order valence-electron chi connectivity index (χ2n) is 6.31. The molecule has 0 unspecified atom stereocenters. The number of hydrogen-bond donors (Lipinski definition) is 2. The number of nitrogens with zero attached hydrogens (tertiary/aromatic N) is 3. The number of aromatic nitrogens is 2. The van der Waals surface area contributed by atoms with Gasteiger partial charge in [0.25, 0.3) is 5.56 Å². The number of rotatable bonds is 3. The van der Waals surface area contributed by atoms with E-state index in [-0.39, 0.29) is 11.3 Å². The first kappa shape index (κ1) is 15.7. The van der Waals surface area contributed by atoms with Crippen LogP contribution >= 0.6 is 0 Å². The first-order chi connectivity index (χ1) is 12.2. The molecule has 6 heteroatoms. The van der Waals surface area contributed by atoms with Crippen molar-refractivity contribution in [2.75, 3.05) is 31.1 Å². The van der Waals surface area contributed by atoms with Crippen LogP contribution in [0.1, 0.15) is 5.69 Å². The smallest absolute Gasteiger partial charge is 0.271 e. The highest BCUT2D eigenvalue weighted by atomic mass is 16.3. The Morgan fingerprint density at radius 1 is 1.04 bits per heavy atom. The number of aromatic amines is 1. The molecule has 2 aromatic carbocycles. The van der Waals surface area contributed by atoms with E-state index in [0.29, 0.717) is 12.2 Å². The Balaban J connectivity index is 1.45. The fraction of sp³-hybridized carbons (Fsp3) is 0.263. The maximum Gasteiger partial charge on any atom is 0.271 e. The molecule has 1 aliphatic heterocycles. The highest BCUT2D eigenvalue weighted by Crippen LogP contribution is 2.21. The van der Waals surface area contributed by atoms with E-state index in [1.165, 1.54) is 0 Å². The molecule has 128 valence electrons. The summed E-state index contributed by atoms with van der Waals surface area (Å²) in [6, 6.07) is 14.9.